The van der Waals surface area contributed by atoms with Crippen LogP contribution in [0.3, 0.4) is 0 Å². The SMILES string of the molecule is CC(CN1CCCC(N)C1)=C(F)B1OC(C)(C)C(C)(C)O1. The number of piperidine rings is 1. The number of nitrogens with zero attached hydrogens (tertiary/aromatic N) is 1. The lowest BCUT2D eigenvalue weighted by Crippen LogP contribution is -2.43. The van der Waals surface area contributed by atoms with Crippen molar-refractivity contribution in [1.82, 2.24) is 4.90 Å². The molecule has 1 unspecified atom stereocenters. The molecule has 21 heavy (non-hydrogen) atoms. The second-order valence-corrected chi connectivity index (χ2v) is 7.35. The normalized spacial score (nSPS) is 30.4. The fourth-order valence-corrected chi connectivity index (χ4v) is 2.79. The number of rotatable bonds is 3. The Hall–Kier alpha value is -0.425. The average molecular weight is 298 g/mol. The van der Waals surface area contributed by atoms with Crippen LogP contribution in [0, 0.1) is 0 Å². The van der Waals surface area contributed by atoms with E-state index in [1.54, 1.807) is 6.92 Å². The molecule has 0 aliphatic carbocycles. The molecule has 0 bridgehead atoms. The summed E-state index contributed by atoms with van der Waals surface area (Å²) in [7, 11) is -0.895. The van der Waals surface area contributed by atoms with Gasteiger partial charge in [-0.3, -0.25) is 4.90 Å². The first-order valence-electron chi connectivity index (χ1n) is 7.81. The highest BCUT2D eigenvalue weighted by molar-refractivity contribution is 6.53. The third kappa shape index (κ3) is 3.67. The summed E-state index contributed by atoms with van der Waals surface area (Å²) in [6.45, 7) is 11.9. The maximum absolute atomic E-state index is 14.6. The molecule has 2 heterocycles. The first-order valence-corrected chi connectivity index (χ1v) is 7.81. The van der Waals surface area contributed by atoms with Crippen LogP contribution in [0.5, 0.6) is 0 Å². The molecule has 2 aliphatic heterocycles. The van der Waals surface area contributed by atoms with E-state index in [-0.39, 0.29) is 11.8 Å². The van der Waals surface area contributed by atoms with Crippen molar-refractivity contribution in [2.45, 2.75) is 64.7 Å². The van der Waals surface area contributed by atoms with Crippen LogP contribution in [0.25, 0.3) is 0 Å². The molecule has 2 rings (SSSR count). The fraction of sp³-hybridized carbons (Fsp3) is 0.867. The van der Waals surface area contributed by atoms with Crippen LogP contribution in [-0.2, 0) is 9.31 Å². The Morgan fingerprint density at radius 1 is 1.29 bits per heavy atom. The molecule has 2 N–H and O–H groups in total. The zero-order valence-corrected chi connectivity index (χ0v) is 13.9. The van der Waals surface area contributed by atoms with Gasteiger partial charge in [0.2, 0.25) is 0 Å². The molecule has 0 aromatic rings. The van der Waals surface area contributed by atoms with Crippen LogP contribution in [0.4, 0.5) is 4.39 Å². The summed E-state index contributed by atoms with van der Waals surface area (Å²) < 4.78 is 26.1. The molecule has 2 saturated heterocycles. The summed E-state index contributed by atoms with van der Waals surface area (Å²) in [5.74, 6) is 0. The van der Waals surface area contributed by atoms with Crippen molar-refractivity contribution < 1.29 is 13.7 Å². The Kier molecular flexibility index (Phi) is 4.83. The number of hydrogen-bond donors (Lipinski definition) is 1. The van der Waals surface area contributed by atoms with E-state index in [1.807, 2.05) is 27.7 Å². The Morgan fingerprint density at radius 3 is 2.38 bits per heavy atom. The second kappa shape index (κ2) is 5.99. The van der Waals surface area contributed by atoms with Crippen LogP contribution >= 0.6 is 0 Å². The minimum atomic E-state index is -0.895. The number of nitrogens with two attached hydrogens (primary N) is 1. The Morgan fingerprint density at radius 2 is 1.86 bits per heavy atom. The van der Waals surface area contributed by atoms with Gasteiger partial charge >= 0.3 is 7.12 Å². The molecule has 0 aromatic carbocycles. The van der Waals surface area contributed by atoms with Gasteiger partial charge in [0, 0.05) is 19.1 Å². The largest absolute Gasteiger partial charge is 0.525 e. The van der Waals surface area contributed by atoms with Gasteiger partial charge in [0.15, 0.2) is 0 Å². The Labute approximate surface area is 128 Å². The third-order valence-corrected chi connectivity index (χ3v) is 4.87. The van der Waals surface area contributed by atoms with Crippen LogP contribution in [0.2, 0.25) is 0 Å². The first kappa shape index (κ1) is 16.9. The van der Waals surface area contributed by atoms with Crippen molar-refractivity contribution in [2.24, 2.45) is 5.73 Å². The third-order valence-electron chi connectivity index (χ3n) is 4.87. The molecule has 0 radical (unpaired) electrons. The minimum Gasteiger partial charge on any atom is -0.398 e. The van der Waals surface area contributed by atoms with E-state index in [9.17, 15) is 4.39 Å². The number of halogens is 1. The topological polar surface area (TPSA) is 47.7 Å². The van der Waals surface area contributed by atoms with Gasteiger partial charge in [0.05, 0.1) is 11.2 Å². The van der Waals surface area contributed by atoms with Crippen LogP contribution in [0.15, 0.2) is 11.3 Å². The summed E-state index contributed by atoms with van der Waals surface area (Å²) in [6.07, 6.45) is 2.13. The number of likely N-dealkylation sites (tertiary alicyclic amines) is 1. The fourth-order valence-electron chi connectivity index (χ4n) is 2.79. The van der Waals surface area contributed by atoms with E-state index >= 15 is 0 Å². The standard InChI is InChI=1S/C15H28BFN2O2/c1-11(9-19-8-6-7-12(18)10-19)13(17)16-20-14(2,3)15(4,5)21-16/h12H,6-10,18H2,1-5H3. The smallest absolute Gasteiger partial charge is 0.398 e. The molecular weight excluding hydrogens is 270 g/mol. The highest BCUT2D eigenvalue weighted by atomic mass is 19.1. The molecular formula is C15H28BFN2O2. The van der Waals surface area contributed by atoms with Crippen LogP contribution in [-0.4, -0.2) is 48.9 Å². The van der Waals surface area contributed by atoms with Crippen molar-refractivity contribution >= 4 is 7.12 Å². The summed E-state index contributed by atoms with van der Waals surface area (Å²) >= 11 is 0. The van der Waals surface area contributed by atoms with Gasteiger partial charge in [-0.2, -0.15) is 0 Å². The first-order chi connectivity index (χ1) is 9.62. The van der Waals surface area contributed by atoms with Gasteiger partial charge < -0.3 is 15.0 Å². The lowest BCUT2D eigenvalue weighted by Gasteiger charge is -2.32. The summed E-state index contributed by atoms with van der Waals surface area (Å²) in [5.41, 5.74) is 5.32. The molecule has 0 saturated carbocycles. The molecule has 6 heteroatoms. The second-order valence-electron chi connectivity index (χ2n) is 7.35. The van der Waals surface area contributed by atoms with Crippen LogP contribution < -0.4 is 5.73 Å². The lowest BCUT2D eigenvalue weighted by molar-refractivity contribution is 0.00578. The van der Waals surface area contributed by atoms with E-state index in [0.717, 1.165) is 25.9 Å². The summed E-state index contributed by atoms with van der Waals surface area (Å²) in [5, 5.41) is 0. The Balaban J connectivity index is 2.02. The van der Waals surface area contributed by atoms with E-state index < -0.39 is 18.3 Å². The maximum atomic E-state index is 14.6. The molecule has 0 amide bonds. The van der Waals surface area contributed by atoms with Gasteiger partial charge in [-0.25, -0.2) is 4.39 Å². The molecule has 4 nitrogen and oxygen atoms in total. The summed E-state index contributed by atoms with van der Waals surface area (Å²) in [4.78, 5) is 2.20. The monoisotopic (exact) mass is 298 g/mol. The van der Waals surface area contributed by atoms with Crippen molar-refractivity contribution in [3.8, 4) is 0 Å². The van der Waals surface area contributed by atoms with E-state index in [4.69, 9.17) is 15.0 Å². The van der Waals surface area contributed by atoms with Crippen LogP contribution in [0.1, 0.15) is 47.5 Å². The van der Waals surface area contributed by atoms with Crippen molar-refractivity contribution in [3.63, 3.8) is 0 Å². The molecule has 0 aromatic heterocycles. The predicted octanol–water partition coefficient (Wildman–Crippen LogP) is 2.28. The predicted molar refractivity (Wildman–Crippen MR) is 83.5 cm³/mol. The quantitative estimate of drug-likeness (QED) is 0.812. The van der Waals surface area contributed by atoms with Gasteiger partial charge in [0.25, 0.3) is 0 Å². The minimum absolute atomic E-state index is 0.200. The van der Waals surface area contributed by atoms with E-state index in [1.165, 1.54) is 0 Å². The highest BCUT2D eigenvalue weighted by Crippen LogP contribution is 2.39. The molecule has 2 fully saturated rings. The van der Waals surface area contributed by atoms with E-state index in [0.29, 0.717) is 12.1 Å². The van der Waals surface area contributed by atoms with Gasteiger partial charge in [-0.05, 0) is 59.6 Å². The Bertz CT molecular complexity index is 410. The van der Waals surface area contributed by atoms with Gasteiger partial charge in [-0.1, -0.05) is 0 Å². The molecule has 0 spiro atoms. The average Bonchev–Trinajstić information content (AvgIpc) is 2.57. The van der Waals surface area contributed by atoms with Gasteiger partial charge in [0.1, 0.15) is 5.73 Å². The highest BCUT2D eigenvalue weighted by Gasteiger charge is 2.53. The van der Waals surface area contributed by atoms with E-state index in [2.05, 4.69) is 4.90 Å². The summed E-state index contributed by atoms with van der Waals surface area (Å²) in [6, 6.07) is 0.200. The maximum Gasteiger partial charge on any atom is 0.525 e. The number of hydrogen-bond acceptors (Lipinski definition) is 4. The van der Waals surface area contributed by atoms with Gasteiger partial charge in [-0.15, -0.1) is 0 Å². The molecule has 120 valence electrons. The molecule has 2 aliphatic rings. The lowest BCUT2D eigenvalue weighted by atomic mass is 9.85. The van der Waals surface area contributed by atoms with Crippen molar-refractivity contribution in [3.05, 3.63) is 11.3 Å². The zero-order valence-electron chi connectivity index (χ0n) is 13.9. The zero-order chi connectivity index (χ0) is 15.8. The molecule has 1 atom stereocenters. The van der Waals surface area contributed by atoms with Crippen molar-refractivity contribution in [1.29, 1.82) is 0 Å². The van der Waals surface area contributed by atoms with Crippen molar-refractivity contribution in [2.75, 3.05) is 19.6 Å².